The van der Waals surface area contributed by atoms with Crippen LogP contribution in [0.15, 0.2) is 54.7 Å². The fraction of sp³-hybridized carbons (Fsp3) is 0.280. The Balaban J connectivity index is 1.72. The van der Waals surface area contributed by atoms with Crippen molar-refractivity contribution in [3.63, 3.8) is 0 Å². The summed E-state index contributed by atoms with van der Waals surface area (Å²) in [6.07, 6.45) is 1.55. The van der Waals surface area contributed by atoms with Gasteiger partial charge in [0, 0.05) is 19.2 Å². The number of ether oxygens (including phenoxy) is 1. The molecule has 2 aromatic carbocycles. The minimum Gasteiger partial charge on any atom is -0.384 e. The van der Waals surface area contributed by atoms with Gasteiger partial charge < -0.3 is 15.8 Å². The number of benzene rings is 2. The van der Waals surface area contributed by atoms with Gasteiger partial charge in [0.05, 0.1) is 42.1 Å². The Hall–Kier alpha value is -3.96. The van der Waals surface area contributed by atoms with Crippen LogP contribution in [0, 0.1) is 16.7 Å². The average Bonchev–Trinajstić information content (AvgIpc) is 3.20. The second-order valence-corrected chi connectivity index (χ2v) is 8.32. The summed E-state index contributed by atoms with van der Waals surface area (Å²) in [6.45, 7) is 4.83. The third kappa shape index (κ3) is 5.64. The number of nitrogen functional groups attached to an aromatic ring is 1. The first-order valence-electron chi connectivity index (χ1n) is 10.5. The molecule has 4 N–H and O–H groups in total. The molecule has 8 nitrogen and oxygen atoms in total. The molecule has 0 fully saturated rings. The van der Waals surface area contributed by atoms with E-state index < -0.39 is 5.41 Å². The first kappa shape index (κ1) is 23.7. The monoisotopic (exact) mass is 444 g/mol. The number of nitrogens with zero attached hydrogens (tertiary/aromatic N) is 3. The fourth-order valence-electron chi connectivity index (χ4n) is 3.37. The number of rotatable bonds is 9. The van der Waals surface area contributed by atoms with Crippen LogP contribution in [-0.4, -0.2) is 28.6 Å². The number of hydrogen-bond acceptors (Lipinski definition) is 5. The number of nitriles is 1. The minimum absolute atomic E-state index is 0.00521. The molecule has 0 saturated carbocycles. The number of methoxy groups -OCH3 is 1. The van der Waals surface area contributed by atoms with Crippen LogP contribution < -0.4 is 11.1 Å². The summed E-state index contributed by atoms with van der Waals surface area (Å²) in [4.78, 5) is 12.8. The van der Waals surface area contributed by atoms with Crippen LogP contribution in [0.5, 0.6) is 0 Å². The maximum atomic E-state index is 12.8. The van der Waals surface area contributed by atoms with Crippen LogP contribution in [0.3, 0.4) is 0 Å². The lowest BCUT2D eigenvalue weighted by Crippen LogP contribution is -2.24. The molecule has 0 atom stereocenters. The molecule has 1 aromatic heterocycles. The van der Waals surface area contributed by atoms with Gasteiger partial charge >= 0.3 is 0 Å². The number of aromatic nitrogens is 2. The molecule has 0 spiro atoms. The number of nitrogens with one attached hydrogen (secondary N) is 2. The third-order valence-corrected chi connectivity index (χ3v) is 5.48. The molecule has 0 aliphatic heterocycles. The van der Waals surface area contributed by atoms with Crippen molar-refractivity contribution in [1.82, 2.24) is 15.1 Å². The van der Waals surface area contributed by atoms with Crippen LogP contribution in [0.1, 0.15) is 52.2 Å². The second-order valence-electron chi connectivity index (χ2n) is 8.32. The first-order chi connectivity index (χ1) is 15.7. The topological polar surface area (TPSA) is 130 Å². The van der Waals surface area contributed by atoms with Crippen molar-refractivity contribution in [1.29, 1.82) is 10.7 Å². The van der Waals surface area contributed by atoms with Gasteiger partial charge in [-0.15, -0.1) is 0 Å². The molecular formula is C25H28N6O2. The average molecular weight is 445 g/mol. The summed E-state index contributed by atoms with van der Waals surface area (Å²) in [5, 5.41) is 24.1. The van der Waals surface area contributed by atoms with E-state index in [0.29, 0.717) is 29.9 Å². The molecule has 0 saturated heterocycles. The van der Waals surface area contributed by atoms with E-state index >= 15 is 0 Å². The molecule has 1 amide bonds. The van der Waals surface area contributed by atoms with E-state index in [4.69, 9.17) is 15.9 Å². The SMILES string of the molecule is COCc1c(C(=O)NCc2ccc(C(=N)N)cc2)cnn1Cc1ccc(C(C)(C)C#N)cc1. The van der Waals surface area contributed by atoms with E-state index in [2.05, 4.69) is 16.5 Å². The Bertz CT molecular complexity index is 1170. The van der Waals surface area contributed by atoms with Crippen LogP contribution in [0.4, 0.5) is 0 Å². The number of hydrogen-bond donors (Lipinski definition) is 3. The molecule has 1 heterocycles. The van der Waals surface area contributed by atoms with Gasteiger partial charge in [-0.3, -0.25) is 14.9 Å². The maximum Gasteiger partial charge on any atom is 0.255 e. The molecule has 3 aromatic rings. The zero-order valence-corrected chi connectivity index (χ0v) is 19.1. The predicted molar refractivity (Wildman–Crippen MR) is 126 cm³/mol. The summed E-state index contributed by atoms with van der Waals surface area (Å²) < 4.78 is 7.08. The Morgan fingerprint density at radius 2 is 1.82 bits per heavy atom. The third-order valence-electron chi connectivity index (χ3n) is 5.48. The highest BCUT2D eigenvalue weighted by Gasteiger charge is 2.20. The van der Waals surface area contributed by atoms with Crippen LogP contribution in [0.2, 0.25) is 0 Å². The van der Waals surface area contributed by atoms with Gasteiger partial charge in [-0.2, -0.15) is 10.4 Å². The highest BCUT2D eigenvalue weighted by Crippen LogP contribution is 2.23. The molecular weight excluding hydrogens is 416 g/mol. The lowest BCUT2D eigenvalue weighted by Gasteiger charge is -2.16. The second kappa shape index (κ2) is 10.1. The standard InChI is InChI=1S/C25H28N6O2/c1-25(2,16-26)20-10-6-18(7-11-20)14-31-22(15-33-3)21(13-30-31)24(32)29-12-17-4-8-19(9-5-17)23(27)28/h4-11,13H,12,14-15H2,1-3H3,(H3,27,28)(H,29,32). The number of amides is 1. The van der Waals surface area contributed by atoms with Gasteiger partial charge in [-0.1, -0.05) is 48.5 Å². The molecule has 0 bridgehead atoms. The van der Waals surface area contributed by atoms with Gasteiger partial charge in [0.15, 0.2) is 0 Å². The summed E-state index contributed by atoms with van der Waals surface area (Å²) in [5.41, 5.74) is 9.55. The van der Waals surface area contributed by atoms with Crippen molar-refractivity contribution < 1.29 is 9.53 Å². The molecule has 0 unspecified atom stereocenters. The van der Waals surface area contributed by atoms with E-state index in [9.17, 15) is 10.1 Å². The molecule has 8 heteroatoms. The maximum absolute atomic E-state index is 12.8. The molecule has 0 radical (unpaired) electrons. The summed E-state index contributed by atoms with van der Waals surface area (Å²) in [7, 11) is 1.58. The molecule has 0 aliphatic carbocycles. The van der Waals surface area contributed by atoms with Gasteiger partial charge in [-0.05, 0) is 30.5 Å². The Morgan fingerprint density at radius 1 is 1.18 bits per heavy atom. The van der Waals surface area contributed by atoms with Crippen molar-refractivity contribution >= 4 is 11.7 Å². The van der Waals surface area contributed by atoms with E-state index in [0.717, 1.165) is 16.7 Å². The van der Waals surface area contributed by atoms with E-state index in [-0.39, 0.29) is 18.3 Å². The quantitative estimate of drug-likeness (QED) is 0.345. The molecule has 0 aliphatic rings. The molecule has 3 rings (SSSR count). The highest BCUT2D eigenvalue weighted by molar-refractivity contribution is 5.95. The lowest BCUT2D eigenvalue weighted by atomic mass is 9.86. The van der Waals surface area contributed by atoms with E-state index in [1.807, 2.05) is 50.2 Å². The predicted octanol–water partition coefficient (Wildman–Crippen LogP) is 3.09. The smallest absolute Gasteiger partial charge is 0.255 e. The summed E-state index contributed by atoms with van der Waals surface area (Å²) >= 11 is 0. The van der Waals surface area contributed by atoms with E-state index in [1.165, 1.54) is 0 Å². The van der Waals surface area contributed by atoms with Crippen LogP contribution in [-0.2, 0) is 29.8 Å². The van der Waals surface area contributed by atoms with Gasteiger partial charge in [0.25, 0.3) is 5.91 Å². The Morgan fingerprint density at radius 3 is 2.39 bits per heavy atom. The Labute approximate surface area is 193 Å². The first-order valence-corrected chi connectivity index (χ1v) is 10.5. The van der Waals surface area contributed by atoms with Gasteiger partial charge in [-0.25, -0.2) is 0 Å². The van der Waals surface area contributed by atoms with Crippen LogP contribution >= 0.6 is 0 Å². The van der Waals surface area contributed by atoms with Crippen molar-refractivity contribution in [2.24, 2.45) is 5.73 Å². The number of nitrogens with two attached hydrogens (primary N) is 1. The normalized spacial score (nSPS) is 11.1. The molecule has 170 valence electrons. The van der Waals surface area contributed by atoms with E-state index in [1.54, 1.807) is 30.1 Å². The lowest BCUT2D eigenvalue weighted by molar-refractivity contribution is 0.0945. The summed E-state index contributed by atoms with van der Waals surface area (Å²) in [6, 6.07) is 17.3. The fourth-order valence-corrected chi connectivity index (χ4v) is 3.37. The number of carbonyl (C=O) groups is 1. The number of amidine groups is 1. The zero-order valence-electron chi connectivity index (χ0n) is 19.1. The molecule has 33 heavy (non-hydrogen) atoms. The summed E-state index contributed by atoms with van der Waals surface area (Å²) in [5.74, 6) is -0.235. The zero-order chi connectivity index (χ0) is 24.0. The van der Waals surface area contributed by atoms with Crippen molar-refractivity contribution in [2.45, 2.75) is 39.0 Å². The van der Waals surface area contributed by atoms with Gasteiger partial charge in [0.2, 0.25) is 0 Å². The van der Waals surface area contributed by atoms with Crippen molar-refractivity contribution in [2.75, 3.05) is 7.11 Å². The highest BCUT2D eigenvalue weighted by atomic mass is 16.5. The minimum atomic E-state index is -0.552. The van der Waals surface area contributed by atoms with Gasteiger partial charge in [0.1, 0.15) is 5.84 Å². The Kier molecular flexibility index (Phi) is 7.26. The van der Waals surface area contributed by atoms with Crippen molar-refractivity contribution in [3.05, 3.63) is 88.2 Å². The number of carbonyl (C=O) groups excluding carboxylic acids is 1. The van der Waals surface area contributed by atoms with Crippen molar-refractivity contribution in [3.8, 4) is 6.07 Å². The van der Waals surface area contributed by atoms with Crippen LogP contribution in [0.25, 0.3) is 0 Å². The largest absolute Gasteiger partial charge is 0.384 e.